The van der Waals surface area contributed by atoms with Crippen LogP contribution < -0.4 is 4.74 Å². The van der Waals surface area contributed by atoms with E-state index in [-0.39, 0.29) is 10.8 Å². The van der Waals surface area contributed by atoms with E-state index < -0.39 is 0 Å². The van der Waals surface area contributed by atoms with Crippen molar-refractivity contribution in [3.05, 3.63) is 175 Å². The zero-order valence-corrected chi connectivity index (χ0v) is 34.7. The van der Waals surface area contributed by atoms with Gasteiger partial charge >= 0.3 is 0 Å². The Hall–Kier alpha value is -7.18. The second kappa shape index (κ2) is 13.2. The molecule has 0 spiro atoms. The van der Waals surface area contributed by atoms with Crippen LogP contribution in [0.15, 0.2) is 164 Å². The highest BCUT2D eigenvalue weighted by Crippen LogP contribution is 2.40. The summed E-state index contributed by atoms with van der Waals surface area (Å²) in [6, 6.07) is 54.2. The van der Waals surface area contributed by atoms with Gasteiger partial charge in [-0.05, 0) is 107 Å². The van der Waals surface area contributed by atoms with Crippen LogP contribution in [0.4, 0.5) is 0 Å². The number of benzene rings is 6. The minimum absolute atomic E-state index is 0.0119. The Kier molecular flexibility index (Phi) is 7.89. The molecule has 5 aromatic heterocycles. The van der Waals surface area contributed by atoms with Gasteiger partial charge in [-0.25, -0.2) is 9.97 Å². The Morgan fingerprint density at radius 3 is 1.27 bits per heavy atom. The summed E-state index contributed by atoms with van der Waals surface area (Å²) in [7, 11) is 0. The fourth-order valence-electron chi connectivity index (χ4n) is 9.05. The standard InChI is InChI=1S/C54H45N5O/c1-53(2,3)34-25-27-55-51(29-34)58-47-18-12-9-15-41(47)42-22-20-37(32-49(42)58)60-38-21-23-43-44-31-36(57-45-16-10-7-13-39(45)40-14-8-11-17-46(40)57)19-24-48(44)59(50(43)33-38)52-30-35(26-28-56-52)54(4,5)6/h7-33H,1-6H3. The van der Waals surface area contributed by atoms with Crippen LogP contribution >= 0.6 is 0 Å². The molecule has 6 heteroatoms. The molecule has 0 radical (unpaired) electrons. The third-order valence-electron chi connectivity index (χ3n) is 12.1. The molecule has 6 aromatic carbocycles. The first kappa shape index (κ1) is 35.9. The van der Waals surface area contributed by atoms with Crippen molar-refractivity contribution in [2.75, 3.05) is 0 Å². The summed E-state index contributed by atoms with van der Waals surface area (Å²) >= 11 is 0. The van der Waals surface area contributed by atoms with Crippen molar-refractivity contribution in [1.82, 2.24) is 23.7 Å². The number of fused-ring (bicyclic) bond motifs is 9. The van der Waals surface area contributed by atoms with E-state index >= 15 is 0 Å². The van der Waals surface area contributed by atoms with E-state index in [1.54, 1.807) is 0 Å². The summed E-state index contributed by atoms with van der Waals surface area (Å²) < 4.78 is 13.8. The number of rotatable bonds is 5. The van der Waals surface area contributed by atoms with Gasteiger partial charge in [-0.1, -0.05) is 96.1 Å². The fraction of sp³-hybridized carbons (Fsp3) is 0.148. The Labute approximate surface area is 348 Å². The van der Waals surface area contributed by atoms with Crippen LogP contribution in [0.5, 0.6) is 11.5 Å². The third kappa shape index (κ3) is 5.70. The molecule has 0 N–H and O–H groups in total. The smallest absolute Gasteiger partial charge is 0.137 e. The lowest BCUT2D eigenvalue weighted by atomic mass is 9.88. The molecule has 0 aliphatic carbocycles. The van der Waals surface area contributed by atoms with E-state index in [9.17, 15) is 0 Å². The minimum atomic E-state index is -0.0425. The van der Waals surface area contributed by atoms with Gasteiger partial charge in [0, 0.05) is 62.5 Å². The van der Waals surface area contributed by atoms with Gasteiger partial charge in [-0.15, -0.1) is 0 Å². The monoisotopic (exact) mass is 779 g/mol. The van der Waals surface area contributed by atoms with Crippen LogP contribution in [0.2, 0.25) is 0 Å². The maximum atomic E-state index is 6.83. The number of hydrogen-bond donors (Lipinski definition) is 0. The Morgan fingerprint density at radius 2 is 0.783 bits per heavy atom. The molecule has 6 nitrogen and oxygen atoms in total. The second-order valence-corrected chi connectivity index (χ2v) is 18.0. The summed E-state index contributed by atoms with van der Waals surface area (Å²) in [4.78, 5) is 9.87. The highest BCUT2D eigenvalue weighted by atomic mass is 16.5. The average molecular weight is 780 g/mol. The SMILES string of the molecule is CC(C)(C)c1ccnc(-n2c3ccccc3c3ccc(Oc4ccc5c6cc(-n7c8ccccc8c8ccccc87)ccc6n(-c6cc(C(C)(C)C)ccn6)c5c4)cc32)c1. The van der Waals surface area contributed by atoms with Crippen LogP contribution in [-0.2, 0) is 10.8 Å². The van der Waals surface area contributed by atoms with Crippen molar-refractivity contribution < 1.29 is 4.74 Å². The summed E-state index contributed by atoms with van der Waals surface area (Å²) in [5, 5.41) is 7.10. The molecule has 11 rings (SSSR count). The molecule has 0 unspecified atom stereocenters. The number of hydrogen-bond acceptors (Lipinski definition) is 3. The van der Waals surface area contributed by atoms with Gasteiger partial charge in [0.2, 0.25) is 0 Å². The van der Waals surface area contributed by atoms with Gasteiger partial charge in [-0.2, -0.15) is 0 Å². The largest absolute Gasteiger partial charge is 0.457 e. The lowest BCUT2D eigenvalue weighted by molar-refractivity contribution is 0.484. The zero-order valence-electron chi connectivity index (χ0n) is 34.7. The number of pyridine rings is 2. The van der Waals surface area contributed by atoms with E-state index in [0.29, 0.717) is 0 Å². The second-order valence-electron chi connectivity index (χ2n) is 18.0. The summed E-state index contributed by atoms with van der Waals surface area (Å²) in [6.07, 6.45) is 3.85. The topological polar surface area (TPSA) is 49.8 Å². The van der Waals surface area contributed by atoms with E-state index in [1.165, 1.54) is 38.3 Å². The van der Waals surface area contributed by atoms with Crippen molar-refractivity contribution >= 4 is 65.4 Å². The zero-order chi connectivity index (χ0) is 40.9. The molecule has 0 amide bonds. The highest BCUT2D eigenvalue weighted by molar-refractivity contribution is 6.13. The predicted octanol–water partition coefficient (Wildman–Crippen LogP) is 14.2. The first-order valence-electron chi connectivity index (χ1n) is 20.7. The summed E-state index contributed by atoms with van der Waals surface area (Å²) in [6.45, 7) is 13.5. The highest BCUT2D eigenvalue weighted by Gasteiger charge is 2.22. The Balaban J connectivity index is 1.09. The summed E-state index contributed by atoms with van der Waals surface area (Å²) in [5.41, 5.74) is 10.2. The van der Waals surface area contributed by atoms with E-state index in [0.717, 1.165) is 67.0 Å². The minimum Gasteiger partial charge on any atom is -0.457 e. The average Bonchev–Trinajstić information content (AvgIpc) is 3.88. The van der Waals surface area contributed by atoms with Crippen LogP contribution in [0.25, 0.3) is 82.7 Å². The first-order valence-corrected chi connectivity index (χ1v) is 20.7. The van der Waals surface area contributed by atoms with E-state index in [1.807, 2.05) is 12.4 Å². The molecule has 0 atom stereocenters. The van der Waals surface area contributed by atoms with Crippen molar-refractivity contribution in [1.29, 1.82) is 0 Å². The van der Waals surface area contributed by atoms with Gasteiger partial charge in [0.1, 0.15) is 23.1 Å². The fourth-order valence-corrected chi connectivity index (χ4v) is 9.05. The van der Waals surface area contributed by atoms with Crippen LogP contribution in [0.3, 0.4) is 0 Å². The van der Waals surface area contributed by atoms with Crippen molar-refractivity contribution in [3.63, 3.8) is 0 Å². The molecule has 0 fully saturated rings. The predicted molar refractivity (Wildman–Crippen MR) is 249 cm³/mol. The number of para-hydroxylation sites is 3. The molecule has 0 aliphatic rings. The first-order chi connectivity index (χ1) is 29.0. The maximum Gasteiger partial charge on any atom is 0.137 e. The molecule has 292 valence electrons. The number of ether oxygens (including phenoxy) is 1. The molecule has 5 heterocycles. The number of aromatic nitrogens is 5. The molecule has 60 heavy (non-hydrogen) atoms. The normalized spacial score (nSPS) is 12.5. The van der Waals surface area contributed by atoms with Gasteiger partial charge < -0.3 is 9.30 Å². The molecule has 0 saturated carbocycles. The third-order valence-corrected chi connectivity index (χ3v) is 12.1. The molecule has 0 bridgehead atoms. The van der Waals surface area contributed by atoms with Crippen molar-refractivity contribution in [2.45, 2.75) is 52.4 Å². The van der Waals surface area contributed by atoms with Gasteiger partial charge in [0.25, 0.3) is 0 Å². The van der Waals surface area contributed by atoms with E-state index in [4.69, 9.17) is 14.7 Å². The van der Waals surface area contributed by atoms with Gasteiger partial charge in [0.15, 0.2) is 0 Å². The van der Waals surface area contributed by atoms with Crippen LogP contribution in [-0.4, -0.2) is 23.7 Å². The lowest BCUT2D eigenvalue weighted by Gasteiger charge is -2.20. The summed E-state index contributed by atoms with van der Waals surface area (Å²) in [5.74, 6) is 3.26. The van der Waals surface area contributed by atoms with Gasteiger partial charge in [0.05, 0.1) is 33.1 Å². The molecule has 0 saturated heterocycles. The molecule has 0 aliphatic heterocycles. The Bertz CT molecular complexity index is 3440. The van der Waals surface area contributed by atoms with Crippen LogP contribution in [0, 0.1) is 0 Å². The molecular weight excluding hydrogens is 735 g/mol. The van der Waals surface area contributed by atoms with Gasteiger partial charge in [-0.3, -0.25) is 9.13 Å². The lowest BCUT2D eigenvalue weighted by Crippen LogP contribution is -2.12. The van der Waals surface area contributed by atoms with E-state index in [2.05, 4.69) is 207 Å². The molecular formula is C54H45N5O. The van der Waals surface area contributed by atoms with Crippen LogP contribution in [0.1, 0.15) is 52.7 Å². The van der Waals surface area contributed by atoms with Crippen molar-refractivity contribution in [3.8, 4) is 28.8 Å². The quantitative estimate of drug-likeness (QED) is 0.175. The Morgan fingerprint density at radius 1 is 0.367 bits per heavy atom. The molecule has 11 aromatic rings. The van der Waals surface area contributed by atoms with Crippen molar-refractivity contribution in [2.24, 2.45) is 0 Å². The number of nitrogens with zero attached hydrogens (tertiary/aromatic N) is 5. The maximum absolute atomic E-state index is 6.83.